The highest BCUT2D eigenvalue weighted by molar-refractivity contribution is 5.89. The summed E-state index contributed by atoms with van der Waals surface area (Å²) in [4.78, 5) is 24.5. The second-order valence-electron chi connectivity index (χ2n) is 13.3. The fraction of sp³-hybridized carbons (Fsp3) is 0.867. The van der Waals surface area contributed by atoms with Gasteiger partial charge in [0, 0.05) is 25.2 Å². The van der Waals surface area contributed by atoms with Crippen LogP contribution in [0.25, 0.3) is 0 Å². The average Bonchev–Trinajstić information content (AvgIpc) is 3.15. The molecule has 0 saturated heterocycles. The summed E-state index contributed by atoms with van der Waals surface area (Å²) in [5.74, 6) is 2.68. The number of ketones is 1. The second-order valence-corrected chi connectivity index (χ2v) is 13.3. The van der Waals surface area contributed by atoms with E-state index in [1.54, 1.807) is 0 Å². The van der Waals surface area contributed by atoms with E-state index < -0.39 is 17.1 Å². The first-order valence-corrected chi connectivity index (χ1v) is 14.1. The van der Waals surface area contributed by atoms with Gasteiger partial charge < -0.3 is 14.9 Å². The normalized spacial score (nSPS) is 45.8. The number of hydrogen-bond acceptors (Lipinski definition) is 5. The van der Waals surface area contributed by atoms with E-state index in [0.29, 0.717) is 55.0 Å². The van der Waals surface area contributed by atoms with Gasteiger partial charge in [-0.15, -0.1) is 0 Å². The van der Waals surface area contributed by atoms with Crippen molar-refractivity contribution in [2.45, 2.75) is 105 Å². The lowest BCUT2D eigenvalue weighted by Gasteiger charge is -2.63. The molecule has 0 amide bonds. The van der Waals surface area contributed by atoms with Crippen LogP contribution in [0.4, 0.5) is 0 Å². The van der Waals surface area contributed by atoms with E-state index in [2.05, 4.69) is 46.8 Å². The summed E-state index contributed by atoms with van der Waals surface area (Å²) in [5, 5.41) is 21.8. The molecule has 0 spiro atoms. The maximum atomic E-state index is 13.4. The summed E-state index contributed by atoms with van der Waals surface area (Å²) >= 11 is 0. The Morgan fingerprint density at radius 1 is 1.09 bits per heavy atom. The number of esters is 1. The smallest absolute Gasteiger partial charge is 0.302 e. The Morgan fingerprint density at radius 2 is 1.80 bits per heavy atom. The molecule has 2 unspecified atom stereocenters. The van der Waals surface area contributed by atoms with Crippen molar-refractivity contribution in [3.63, 3.8) is 0 Å². The predicted molar refractivity (Wildman–Crippen MR) is 136 cm³/mol. The highest BCUT2D eigenvalue weighted by Crippen LogP contribution is 2.68. The molecule has 4 rings (SSSR count). The fourth-order valence-corrected chi connectivity index (χ4v) is 9.00. The van der Waals surface area contributed by atoms with Gasteiger partial charge in [-0.25, -0.2) is 0 Å². The van der Waals surface area contributed by atoms with Gasteiger partial charge >= 0.3 is 5.97 Å². The molecule has 11 atom stereocenters. The van der Waals surface area contributed by atoms with Crippen LogP contribution in [-0.2, 0) is 14.3 Å². The summed E-state index contributed by atoms with van der Waals surface area (Å²) < 4.78 is 5.20. The van der Waals surface area contributed by atoms with E-state index in [-0.39, 0.29) is 29.5 Å². The highest BCUT2D eigenvalue weighted by atomic mass is 16.5. The second kappa shape index (κ2) is 9.59. The first-order valence-electron chi connectivity index (χ1n) is 14.1. The fourth-order valence-electron chi connectivity index (χ4n) is 9.00. The Labute approximate surface area is 212 Å². The molecule has 198 valence electrons. The number of allylic oxidation sites excluding steroid dienone is 2. The summed E-state index contributed by atoms with van der Waals surface area (Å²) in [6, 6.07) is 0. The predicted octanol–water partition coefficient (Wildman–Crippen LogP) is 5.33. The van der Waals surface area contributed by atoms with Crippen molar-refractivity contribution in [2.24, 2.45) is 52.3 Å². The minimum absolute atomic E-state index is 0.0174. The maximum absolute atomic E-state index is 13.4. The number of Topliss-reactive ketones (excluding diaryl/α,β-unsaturated/α-hetero) is 1. The Balaban J connectivity index is 1.48. The molecule has 0 aliphatic heterocycles. The van der Waals surface area contributed by atoms with Crippen molar-refractivity contribution in [3.05, 3.63) is 12.2 Å². The zero-order valence-corrected chi connectivity index (χ0v) is 22.8. The Bertz CT molecular complexity index is 852. The Kier molecular flexibility index (Phi) is 7.36. The van der Waals surface area contributed by atoms with Gasteiger partial charge in [-0.05, 0) is 85.4 Å². The molecule has 0 radical (unpaired) electrons. The Morgan fingerprint density at radius 3 is 2.49 bits per heavy atom. The molecule has 0 bridgehead atoms. The molecule has 4 aliphatic carbocycles. The molecule has 0 aromatic heterocycles. The number of ether oxygens (including phenoxy) is 1. The summed E-state index contributed by atoms with van der Waals surface area (Å²) in [6.45, 7) is 13.2. The van der Waals surface area contributed by atoms with Gasteiger partial charge in [0.25, 0.3) is 0 Å². The third kappa shape index (κ3) is 4.43. The lowest BCUT2D eigenvalue weighted by atomic mass is 9.42. The van der Waals surface area contributed by atoms with Crippen LogP contribution < -0.4 is 0 Å². The van der Waals surface area contributed by atoms with Crippen LogP contribution in [0, 0.1) is 52.3 Å². The number of rotatable bonds is 6. The first-order chi connectivity index (χ1) is 16.3. The van der Waals surface area contributed by atoms with E-state index in [1.807, 2.05) is 0 Å². The Hall–Kier alpha value is -1.20. The van der Waals surface area contributed by atoms with E-state index >= 15 is 0 Å². The van der Waals surface area contributed by atoms with Gasteiger partial charge in [0.1, 0.15) is 5.60 Å². The van der Waals surface area contributed by atoms with Crippen molar-refractivity contribution in [1.82, 2.24) is 0 Å². The number of carbonyl (C=O) groups is 2. The first kappa shape index (κ1) is 26.9. The van der Waals surface area contributed by atoms with Crippen LogP contribution in [-0.4, -0.2) is 40.3 Å². The monoisotopic (exact) mass is 488 g/mol. The molecule has 35 heavy (non-hydrogen) atoms. The van der Waals surface area contributed by atoms with Crippen LogP contribution in [0.1, 0.15) is 92.9 Å². The molecule has 5 heteroatoms. The molecular weight excluding hydrogens is 440 g/mol. The molecule has 2 N–H and O–H groups in total. The summed E-state index contributed by atoms with van der Waals surface area (Å²) in [7, 11) is 0. The van der Waals surface area contributed by atoms with Gasteiger partial charge in [-0.1, -0.05) is 46.8 Å². The van der Waals surface area contributed by atoms with Crippen LogP contribution in [0.15, 0.2) is 12.2 Å². The molecule has 0 aromatic rings. The van der Waals surface area contributed by atoms with Crippen LogP contribution in [0.5, 0.6) is 0 Å². The van der Waals surface area contributed by atoms with Gasteiger partial charge in [-0.3, -0.25) is 9.59 Å². The largest absolute Gasteiger partial charge is 0.466 e. The van der Waals surface area contributed by atoms with E-state index in [9.17, 15) is 19.8 Å². The van der Waals surface area contributed by atoms with Crippen LogP contribution >= 0.6 is 0 Å². The lowest BCUT2D eigenvalue weighted by Crippen LogP contribution is -2.67. The van der Waals surface area contributed by atoms with Crippen molar-refractivity contribution in [1.29, 1.82) is 0 Å². The number of carbonyl (C=O) groups excluding carboxylic acids is 2. The topological polar surface area (TPSA) is 83.8 Å². The van der Waals surface area contributed by atoms with Crippen LogP contribution in [0.3, 0.4) is 0 Å². The van der Waals surface area contributed by atoms with Crippen molar-refractivity contribution >= 4 is 11.8 Å². The van der Waals surface area contributed by atoms with Crippen molar-refractivity contribution < 1.29 is 24.5 Å². The molecule has 0 heterocycles. The SMILES string of the molecule is CC(=O)OCC(C)C(C)/C=C/[C@@H](C)[C@H]1CC[C@H]2[C@@H]3CC(=O)[C@@]4(O)C[C@@H](O)CC[C@]4(C)[C@H]3CC[C@]12C. The molecule has 4 fully saturated rings. The minimum Gasteiger partial charge on any atom is -0.466 e. The van der Waals surface area contributed by atoms with Gasteiger partial charge in [0.05, 0.1) is 12.7 Å². The summed E-state index contributed by atoms with van der Waals surface area (Å²) in [5.41, 5.74) is -1.55. The standard InChI is InChI=1S/C30H48O5/c1-18(20(3)17-35-21(4)31)7-8-19(2)24-9-10-25-23-15-27(33)30(34)16-22(32)11-14-29(30,6)26(23)12-13-28(24,25)5/h7-8,18-20,22-26,32,34H,9-17H2,1-6H3/b8-7+/t18?,19-,20?,22+,23+,24-,25+,26+,28-,29-,30+/m1/s1. The number of aliphatic hydroxyl groups is 2. The molecule has 5 nitrogen and oxygen atoms in total. The van der Waals surface area contributed by atoms with Gasteiger partial charge in [0.2, 0.25) is 0 Å². The van der Waals surface area contributed by atoms with Crippen molar-refractivity contribution in [2.75, 3.05) is 6.61 Å². The number of fused-ring (bicyclic) bond motifs is 5. The minimum atomic E-state index is -1.35. The molecule has 4 saturated carbocycles. The number of aliphatic hydroxyl groups excluding tert-OH is 1. The summed E-state index contributed by atoms with van der Waals surface area (Å²) in [6.07, 6.45) is 10.8. The highest BCUT2D eigenvalue weighted by Gasteiger charge is 2.67. The molecule has 4 aliphatic rings. The number of hydrogen-bond donors (Lipinski definition) is 2. The quantitative estimate of drug-likeness (QED) is 0.390. The third-order valence-corrected chi connectivity index (χ3v) is 11.5. The maximum Gasteiger partial charge on any atom is 0.302 e. The van der Waals surface area contributed by atoms with E-state index in [1.165, 1.54) is 19.8 Å². The van der Waals surface area contributed by atoms with Crippen molar-refractivity contribution in [3.8, 4) is 0 Å². The molecule has 0 aromatic carbocycles. The lowest BCUT2D eigenvalue weighted by molar-refractivity contribution is -0.213. The zero-order valence-electron chi connectivity index (χ0n) is 22.8. The van der Waals surface area contributed by atoms with E-state index in [0.717, 1.165) is 19.3 Å². The van der Waals surface area contributed by atoms with Crippen LogP contribution in [0.2, 0.25) is 0 Å². The van der Waals surface area contributed by atoms with Gasteiger partial charge in [0.15, 0.2) is 5.78 Å². The van der Waals surface area contributed by atoms with E-state index in [4.69, 9.17) is 4.74 Å². The zero-order chi connectivity index (χ0) is 25.8. The average molecular weight is 489 g/mol. The van der Waals surface area contributed by atoms with Gasteiger partial charge in [-0.2, -0.15) is 0 Å². The molecular formula is C30H48O5. The third-order valence-electron chi connectivity index (χ3n) is 11.5.